The minimum atomic E-state index is -3.70. The zero-order chi connectivity index (χ0) is 27.9. The van der Waals surface area contributed by atoms with Crippen LogP contribution >= 0.6 is 0 Å². The first-order valence-electron chi connectivity index (χ1n) is 13.8. The lowest BCUT2D eigenvalue weighted by molar-refractivity contribution is -0.120. The van der Waals surface area contributed by atoms with E-state index in [2.05, 4.69) is 27.9 Å². The largest absolute Gasteiger partial charge is 0.337 e. The molecule has 0 spiro atoms. The van der Waals surface area contributed by atoms with E-state index in [1.165, 1.54) is 5.56 Å². The van der Waals surface area contributed by atoms with Gasteiger partial charge in [0.2, 0.25) is 15.9 Å². The van der Waals surface area contributed by atoms with E-state index in [1.54, 1.807) is 18.3 Å². The van der Waals surface area contributed by atoms with Crippen molar-refractivity contribution in [1.82, 2.24) is 14.3 Å². The van der Waals surface area contributed by atoms with Crippen LogP contribution in [-0.2, 0) is 34.8 Å². The smallest absolute Gasteiger partial charge is 0.241 e. The number of anilines is 1. The number of fused-ring (bicyclic) bond motifs is 1. The number of carbonyl (C=O) groups is 1. The van der Waals surface area contributed by atoms with Crippen molar-refractivity contribution in [3.8, 4) is 0 Å². The molecule has 0 unspecified atom stereocenters. The third-order valence-electron chi connectivity index (χ3n) is 8.21. The lowest BCUT2D eigenvalue weighted by Gasteiger charge is -2.29. The monoisotopic (exact) mass is 554 g/mol. The highest BCUT2D eigenvalue weighted by Crippen LogP contribution is 2.49. The molecule has 206 valence electrons. The Bertz CT molecular complexity index is 1630. The van der Waals surface area contributed by atoms with Gasteiger partial charge in [0.1, 0.15) is 5.82 Å². The maximum atomic E-state index is 14.0. The summed E-state index contributed by atoms with van der Waals surface area (Å²) in [6.45, 7) is 2.28. The molecule has 1 amide bonds. The van der Waals surface area contributed by atoms with Crippen LogP contribution in [0, 0.1) is 12.8 Å². The molecular formula is C32H34N4O3S. The average molecular weight is 555 g/mol. The molecule has 0 saturated heterocycles. The number of hydrogen-bond donors (Lipinski definition) is 1. The molecule has 1 aromatic heterocycles. The molecular weight excluding hydrogens is 520 g/mol. The fourth-order valence-corrected chi connectivity index (χ4v) is 7.02. The summed E-state index contributed by atoms with van der Waals surface area (Å²) in [5.74, 6) is 0.989. The Kier molecular flexibility index (Phi) is 7.06. The second-order valence-electron chi connectivity index (χ2n) is 11.0. The van der Waals surface area contributed by atoms with Gasteiger partial charge in [0.15, 0.2) is 0 Å². The number of benzene rings is 3. The van der Waals surface area contributed by atoms with Gasteiger partial charge in [-0.3, -0.25) is 4.79 Å². The van der Waals surface area contributed by atoms with Crippen molar-refractivity contribution >= 4 is 21.6 Å². The van der Waals surface area contributed by atoms with Crippen LogP contribution in [0.5, 0.6) is 0 Å². The number of nitrogens with one attached hydrogen (secondary N) is 1. The first-order valence-corrected chi connectivity index (χ1v) is 15.3. The number of carbonyl (C=O) groups excluding carboxylic acids is 1. The molecule has 1 N–H and O–H groups in total. The summed E-state index contributed by atoms with van der Waals surface area (Å²) in [6.07, 6.45) is 6.92. The van der Waals surface area contributed by atoms with E-state index in [0.717, 1.165) is 47.5 Å². The van der Waals surface area contributed by atoms with Crippen LogP contribution in [0.1, 0.15) is 59.3 Å². The molecule has 3 aromatic carbocycles. The number of aromatic nitrogens is 2. The SMILES string of the molecule is Cc1ccc(S(=O)(=O)N[C@@H]2CCCc3ccc(N(Cc4nccn4C)C(=O)[C@H]4C[C@@H]4c4ccccc4)cc32)cc1. The Morgan fingerprint density at radius 3 is 2.58 bits per heavy atom. The van der Waals surface area contributed by atoms with E-state index in [1.807, 2.05) is 72.1 Å². The quantitative estimate of drug-likeness (QED) is 0.315. The Labute approximate surface area is 235 Å². The zero-order valence-corrected chi connectivity index (χ0v) is 23.6. The molecule has 1 heterocycles. The van der Waals surface area contributed by atoms with Crippen LogP contribution in [-0.4, -0.2) is 23.9 Å². The van der Waals surface area contributed by atoms with Crippen molar-refractivity contribution in [2.75, 3.05) is 4.90 Å². The number of imidazole rings is 1. The first kappa shape index (κ1) is 26.5. The van der Waals surface area contributed by atoms with Crippen LogP contribution in [0.15, 0.2) is 90.1 Å². The molecule has 6 rings (SSSR count). The highest BCUT2D eigenvalue weighted by atomic mass is 32.2. The van der Waals surface area contributed by atoms with Gasteiger partial charge in [-0.05, 0) is 79.5 Å². The molecule has 7 nitrogen and oxygen atoms in total. The number of hydrogen-bond acceptors (Lipinski definition) is 4. The van der Waals surface area contributed by atoms with Crippen molar-refractivity contribution in [2.45, 2.75) is 56.0 Å². The van der Waals surface area contributed by atoms with Crippen LogP contribution in [0.4, 0.5) is 5.69 Å². The normalized spacial score (nSPS) is 20.1. The van der Waals surface area contributed by atoms with Crippen molar-refractivity contribution in [3.05, 3.63) is 113 Å². The van der Waals surface area contributed by atoms with E-state index in [-0.39, 0.29) is 28.7 Å². The number of nitrogens with zero attached hydrogens (tertiary/aromatic N) is 3. The van der Waals surface area contributed by atoms with E-state index in [4.69, 9.17) is 0 Å². The second kappa shape index (κ2) is 10.7. The maximum Gasteiger partial charge on any atom is 0.241 e. The predicted molar refractivity (Wildman–Crippen MR) is 155 cm³/mol. The number of amides is 1. The number of rotatable bonds is 8. The second-order valence-corrected chi connectivity index (χ2v) is 12.7. The van der Waals surface area contributed by atoms with Crippen LogP contribution < -0.4 is 9.62 Å². The van der Waals surface area contributed by atoms with Crippen molar-refractivity contribution in [3.63, 3.8) is 0 Å². The highest BCUT2D eigenvalue weighted by molar-refractivity contribution is 7.89. The van der Waals surface area contributed by atoms with E-state index < -0.39 is 10.0 Å². The van der Waals surface area contributed by atoms with Gasteiger partial charge in [-0.2, -0.15) is 0 Å². The molecule has 4 aromatic rings. The number of aryl methyl sites for hydroxylation is 3. The van der Waals surface area contributed by atoms with Gasteiger partial charge < -0.3 is 9.47 Å². The van der Waals surface area contributed by atoms with Crippen molar-refractivity contribution in [1.29, 1.82) is 0 Å². The lowest BCUT2D eigenvalue weighted by atomic mass is 9.87. The molecule has 3 atom stereocenters. The molecule has 0 aliphatic heterocycles. The molecule has 1 saturated carbocycles. The molecule has 40 heavy (non-hydrogen) atoms. The summed E-state index contributed by atoms with van der Waals surface area (Å²) >= 11 is 0. The van der Waals surface area contributed by atoms with E-state index >= 15 is 0 Å². The molecule has 2 aliphatic rings. The summed E-state index contributed by atoms with van der Waals surface area (Å²) in [7, 11) is -1.77. The van der Waals surface area contributed by atoms with Crippen LogP contribution in [0.25, 0.3) is 0 Å². The summed E-state index contributed by atoms with van der Waals surface area (Å²) in [5.41, 5.74) is 5.02. The predicted octanol–water partition coefficient (Wildman–Crippen LogP) is 5.42. The number of sulfonamides is 1. The van der Waals surface area contributed by atoms with Crippen LogP contribution in [0.2, 0.25) is 0 Å². The molecule has 8 heteroatoms. The zero-order valence-electron chi connectivity index (χ0n) is 22.8. The van der Waals surface area contributed by atoms with Crippen LogP contribution in [0.3, 0.4) is 0 Å². The standard InChI is InChI=1S/C32H34N4O3S/c1-22-11-15-26(16-12-22)40(38,39)34-30-10-6-9-24-13-14-25(19-28(24)30)36(21-31-33-17-18-35(31)2)32(37)29-20-27(29)23-7-4-3-5-8-23/h3-5,7-8,11-19,27,29-30,34H,6,9-10,20-21H2,1-2H3/t27-,29+,30-/m1/s1. The minimum absolute atomic E-state index is 0.0735. The summed E-state index contributed by atoms with van der Waals surface area (Å²) in [6, 6.07) is 22.8. The lowest BCUT2D eigenvalue weighted by Crippen LogP contribution is -2.34. The summed E-state index contributed by atoms with van der Waals surface area (Å²) in [5, 5.41) is 0. The van der Waals surface area contributed by atoms with Gasteiger partial charge in [-0.1, -0.05) is 54.1 Å². The Balaban J connectivity index is 1.31. The van der Waals surface area contributed by atoms with Gasteiger partial charge in [0, 0.05) is 37.1 Å². The molecule has 1 fully saturated rings. The average Bonchev–Trinajstić information content (AvgIpc) is 3.66. The fourth-order valence-electron chi connectivity index (χ4n) is 5.77. The summed E-state index contributed by atoms with van der Waals surface area (Å²) in [4.78, 5) is 20.6. The summed E-state index contributed by atoms with van der Waals surface area (Å²) < 4.78 is 31.4. The van der Waals surface area contributed by atoms with Gasteiger partial charge in [-0.15, -0.1) is 0 Å². The Morgan fingerprint density at radius 2 is 1.85 bits per heavy atom. The van der Waals surface area contributed by atoms with Gasteiger partial charge in [0.25, 0.3) is 0 Å². The third kappa shape index (κ3) is 5.33. The van der Waals surface area contributed by atoms with Gasteiger partial charge >= 0.3 is 0 Å². The minimum Gasteiger partial charge on any atom is -0.337 e. The first-order chi connectivity index (χ1) is 19.3. The highest BCUT2D eigenvalue weighted by Gasteiger charge is 2.46. The molecule has 0 radical (unpaired) electrons. The molecule has 2 aliphatic carbocycles. The van der Waals surface area contributed by atoms with E-state index in [0.29, 0.717) is 13.0 Å². The molecule has 0 bridgehead atoms. The fraction of sp³-hybridized carbons (Fsp3) is 0.312. The van der Waals surface area contributed by atoms with Crippen molar-refractivity contribution in [2.24, 2.45) is 13.0 Å². The van der Waals surface area contributed by atoms with Gasteiger partial charge in [0.05, 0.1) is 11.4 Å². The Morgan fingerprint density at radius 1 is 1.07 bits per heavy atom. The maximum absolute atomic E-state index is 14.0. The topological polar surface area (TPSA) is 84.3 Å². The van der Waals surface area contributed by atoms with Gasteiger partial charge in [-0.25, -0.2) is 18.1 Å². The Hall–Kier alpha value is -3.75. The van der Waals surface area contributed by atoms with Crippen molar-refractivity contribution < 1.29 is 13.2 Å². The third-order valence-corrected chi connectivity index (χ3v) is 9.69. The van der Waals surface area contributed by atoms with E-state index in [9.17, 15) is 13.2 Å².